The molecule has 2 heterocycles. The first-order valence-corrected chi connectivity index (χ1v) is 6.39. The van der Waals surface area contributed by atoms with Crippen LogP contribution in [-0.4, -0.2) is 43.4 Å². The van der Waals surface area contributed by atoms with Crippen LogP contribution in [0.1, 0.15) is 38.5 Å². The third kappa shape index (κ3) is 4.01. The van der Waals surface area contributed by atoms with Gasteiger partial charge in [0, 0.05) is 13.2 Å². The number of hydrogen-bond donors (Lipinski definition) is 1. The lowest BCUT2D eigenvalue weighted by Gasteiger charge is -2.22. The molecule has 4 heteroatoms. The first-order valence-electron chi connectivity index (χ1n) is 6.39. The fraction of sp³-hybridized carbons (Fsp3) is 1.00. The smallest absolute Gasteiger partial charge is 0.157 e. The Morgan fingerprint density at radius 3 is 2.81 bits per heavy atom. The Balaban J connectivity index is 1.40. The number of aliphatic hydroxyl groups excluding tert-OH is 1. The molecule has 0 radical (unpaired) electrons. The molecule has 0 bridgehead atoms. The number of ether oxygens (including phenoxy) is 3. The summed E-state index contributed by atoms with van der Waals surface area (Å²) in [5, 5.41) is 8.78. The van der Waals surface area contributed by atoms with Gasteiger partial charge in [-0.2, -0.15) is 0 Å². The van der Waals surface area contributed by atoms with E-state index in [1.807, 2.05) is 0 Å². The summed E-state index contributed by atoms with van der Waals surface area (Å²) in [6.45, 7) is 1.79. The molecule has 2 fully saturated rings. The summed E-state index contributed by atoms with van der Waals surface area (Å²) in [6.07, 6.45) is 7.08. The van der Waals surface area contributed by atoms with Crippen molar-refractivity contribution in [2.75, 3.05) is 19.8 Å². The molecule has 0 saturated carbocycles. The van der Waals surface area contributed by atoms with Gasteiger partial charge in [0.05, 0.1) is 12.7 Å². The summed E-state index contributed by atoms with van der Waals surface area (Å²) in [5.41, 5.74) is 0. The van der Waals surface area contributed by atoms with Crippen LogP contribution in [0.3, 0.4) is 0 Å². The molecule has 2 aliphatic rings. The highest BCUT2D eigenvalue weighted by molar-refractivity contribution is 4.83. The van der Waals surface area contributed by atoms with E-state index in [-0.39, 0.29) is 19.0 Å². The normalized spacial score (nSPS) is 33.9. The molecule has 94 valence electrons. The molecule has 0 aromatic heterocycles. The molecule has 1 unspecified atom stereocenters. The third-order valence-electron chi connectivity index (χ3n) is 3.19. The van der Waals surface area contributed by atoms with Crippen molar-refractivity contribution < 1.29 is 19.3 Å². The fourth-order valence-electron chi connectivity index (χ4n) is 2.10. The van der Waals surface area contributed by atoms with E-state index in [0.29, 0.717) is 6.10 Å². The third-order valence-corrected chi connectivity index (χ3v) is 3.19. The molecular formula is C12H22O4. The van der Waals surface area contributed by atoms with E-state index in [2.05, 4.69) is 0 Å². The lowest BCUT2D eigenvalue weighted by molar-refractivity contribution is -0.162. The Hall–Kier alpha value is -0.160. The Morgan fingerprint density at radius 2 is 2.12 bits per heavy atom. The van der Waals surface area contributed by atoms with Crippen molar-refractivity contribution in [2.24, 2.45) is 0 Å². The predicted octanol–water partition coefficient (Wildman–Crippen LogP) is 1.46. The maximum absolute atomic E-state index is 8.78. The quantitative estimate of drug-likeness (QED) is 0.531. The van der Waals surface area contributed by atoms with Gasteiger partial charge in [-0.1, -0.05) is 0 Å². The number of rotatable bonds is 7. The molecule has 0 amide bonds. The molecule has 2 rings (SSSR count). The standard InChI is InChI=1S/C12H22O4/c13-9-11-10(16-11)5-1-3-7-14-12-6-2-4-8-15-12/h10-13H,1-9H2/t10-,11+,12?/m0/s1. The highest BCUT2D eigenvalue weighted by Gasteiger charge is 2.36. The monoisotopic (exact) mass is 230 g/mol. The summed E-state index contributed by atoms with van der Waals surface area (Å²) in [4.78, 5) is 0. The van der Waals surface area contributed by atoms with Gasteiger partial charge in [0.15, 0.2) is 6.29 Å². The summed E-state index contributed by atoms with van der Waals surface area (Å²) in [7, 11) is 0. The van der Waals surface area contributed by atoms with E-state index in [4.69, 9.17) is 19.3 Å². The average molecular weight is 230 g/mol. The highest BCUT2D eigenvalue weighted by Crippen LogP contribution is 2.26. The van der Waals surface area contributed by atoms with Crippen molar-refractivity contribution in [3.63, 3.8) is 0 Å². The first kappa shape index (κ1) is 12.3. The molecule has 0 aromatic rings. The van der Waals surface area contributed by atoms with E-state index >= 15 is 0 Å². The zero-order valence-electron chi connectivity index (χ0n) is 9.77. The van der Waals surface area contributed by atoms with Crippen LogP contribution < -0.4 is 0 Å². The number of epoxide rings is 1. The number of unbranched alkanes of at least 4 members (excludes halogenated alkanes) is 1. The second-order valence-corrected chi connectivity index (χ2v) is 4.56. The van der Waals surface area contributed by atoms with Gasteiger partial charge < -0.3 is 19.3 Å². The second-order valence-electron chi connectivity index (χ2n) is 4.56. The van der Waals surface area contributed by atoms with Crippen LogP contribution in [0.25, 0.3) is 0 Å². The van der Waals surface area contributed by atoms with Gasteiger partial charge in [0.1, 0.15) is 6.10 Å². The first-order chi connectivity index (χ1) is 7.90. The van der Waals surface area contributed by atoms with Gasteiger partial charge in [-0.15, -0.1) is 0 Å². The second kappa shape index (κ2) is 6.55. The largest absolute Gasteiger partial charge is 0.394 e. The minimum Gasteiger partial charge on any atom is -0.394 e. The van der Waals surface area contributed by atoms with Gasteiger partial charge in [0.25, 0.3) is 0 Å². The molecule has 4 nitrogen and oxygen atoms in total. The van der Waals surface area contributed by atoms with Crippen molar-refractivity contribution >= 4 is 0 Å². The van der Waals surface area contributed by atoms with E-state index in [1.54, 1.807) is 0 Å². The van der Waals surface area contributed by atoms with E-state index in [9.17, 15) is 0 Å². The Morgan fingerprint density at radius 1 is 1.19 bits per heavy atom. The Labute approximate surface area is 96.9 Å². The van der Waals surface area contributed by atoms with E-state index in [1.165, 1.54) is 12.8 Å². The van der Waals surface area contributed by atoms with Crippen LogP contribution in [0, 0.1) is 0 Å². The predicted molar refractivity (Wildman–Crippen MR) is 59.1 cm³/mol. The summed E-state index contributed by atoms with van der Waals surface area (Å²) in [5.74, 6) is 0. The summed E-state index contributed by atoms with van der Waals surface area (Å²) < 4.78 is 16.3. The maximum Gasteiger partial charge on any atom is 0.157 e. The molecular weight excluding hydrogens is 208 g/mol. The van der Waals surface area contributed by atoms with Gasteiger partial charge in [-0.05, 0) is 38.5 Å². The van der Waals surface area contributed by atoms with Crippen molar-refractivity contribution in [2.45, 2.75) is 57.0 Å². The fourth-order valence-corrected chi connectivity index (χ4v) is 2.10. The molecule has 0 aromatic carbocycles. The number of aliphatic hydroxyl groups is 1. The van der Waals surface area contributed by atoms with E-state index in [0.717, 1.165) is 38.9 Å². The zero-order chi connectivity index (χ0) is 11.2. The van der Waals surface area contributed by atoms with Crippen LogP contribution in [0.2, 0.25) is 0 Å². The lowest BCUT2D eigenvalue weighted by Crippen LogP contribution is -2.22. The summed E-state index contributed by atoms with van der Waals surface area (Å²) >= 11 is 0. The Kier molecular flexibility index (Phi) is 5.03. The van der Waals surface area contributed by atoms with Crippen LogP contribution in [-0.2, 0) is 14.2 Å². The van der Waals surface area contributed by atoms with Gasteiger partial charge in [0.2, 0.25) is 0 Å². The minimum atomic E-state index is 0.0381. The van der Waals surface area contributed by atoms with Crippen molar-refractivity contribution in [3.8, 4) is 0 Å². The average Bonchev–Trinajstić information content (AvgIpc) is 3.09. The number of hydrogen-bond acceptors (Lipinski definition) is 4. The van der Waals surface area contributed by atoms with Gasteiger partial charge in [-0.3, -0.25) is 0 Å². The van der Waals surface area contributed by atoms with Gasteiger partial charge in [-0.25, -0.2) is 0 Å². The topological polar surface area (TPSA) is 51.2 Å². The lowest BCUT2D eigenvalue weighted by atomic mass is 10.1. The van der Waals surface area contributed by atoms with Gasteiger partial charge >= 0.3 is 0 Å². The van der Waals surface area contributed by atoms with Crippen LogP contribution >= 0.6 is 0 Å². The highest BCUT2D eigenvalue weighted by atomic mass is 16.7. The molecule has 16 heavy (non-hydrogen) atoms. The molecule has 1 N–H and O–H groups in total. The molecule has 2 saturated heterocycles. The maximum atomic E-state index is 8.78. The Bertz CT molecular complexity index is 191. The van der Waals surface area contributed by atoms with E-state index < -0.39 is 0 Å². The summed E-state index contributed by atoms with van der Waals surface area (Å²) in [6, 6.07) is 0. The van der Waals surface area contributed by atoms with Crippen molar-refractivity contribution in [1.82, 2.24) is 0 Å². The molecule has 3 atom stereocenters. The molecule has 0 aliphatic carbocycles. The van der Waals surface area contributed by atoms with Crippen molar-refractivity contribution in [1.29, 1.82) is 0 Å². The van der Waals surface area contributed by atoms with Crippen LogP contribution in [0.4, 0.5) is 0 Å². The zero-order valence-corrected chi connectivity index (χ0v) is 9.77. The SMILES string of the molecule is OC[C@H]1O[C@H]1CCCCOC1CCCCO1. The molecule has 0 spiro atoms. The molecule has 2 aliphatic heterocycles. The minimum absolute atomic E-state index is 0.0381. The van der Waals surface area contributed by atoms with Crippen LogP contribution in [0.15, 0.2) is 0 Å². The van der Waals surface area contributed by atoms with Crippen molar-refractivity contribution in [3.05, 3.63) is 0 Å². The van der Waals surface area contributed by atoms with Crippen LogP contribution in [0.5, 0.6) is 0 Å².